The fraction of sp³-hybridized carbons (Fsp3) is 0.381. The molecule has 2 heterocycles. The molecule has 1 saturated heterocycles. The smallest absolute Gasteiger partial charge is 0.310 e. The number of hydrogen-bond acceptors (Lipinski definition) is 6. The lowest BCUT2D eigenvalue weighted by Gasteiger charge is -2.30. The Morgan fingerprint density at radius 2 is 2.00 bits per heavy atom. The standard InChI is InChI=1S/C21H23ClN2O4S/c1-2-28-21(27)15-4-3-10-24(12-15)13-18(25)23-20-17(9-11-29-20)19(26)14-5-7-16(22)8-6-14/h5-9,11,15H,2-4,10,12-13H2,1H3,(H,23,25). The first-order valence-electron chi connectivity index (χ1n) is 9.54. The van der Waals surface area contributed by atoms with Gasteiger partial charge in [0.05, 0.1) is 24.6 Å². The SMILES string of the molecule is CCOC(=O)C1CCCN(CC(=O)Nc2sccc2C(=O)c2ccc(Cl)cc2)C1. The summed E-state index contributed by atoms with van der Waals surface area (Å²) < 4.78 is 5.10. The van der Waals surface area contributed by atoms with Crippen LogP contribution in [-0.4, -0.2) is 48.8 Å². The molecule has 8 heteroatoms. The molecule has 29 heavy (non-hydrogen) atoms. The summed E-state index contributed by atoms with van der Waals surface area (Å²) in [6.45, 7) is 3.58. The van der Waals surface area contributed by atoms with Crippen LogP contribution in [-0.2, 0) is 14.3 Å². The maximum absolute atomic E-state index is 12.7. The molecule has 1 aliphatic rings. The van der Waals surface area contributed by atoms with Crippen LogP contribution in [0.25, 0.3) is 0 Å². The number of amides is 1. The number of ketones is 1. The number of nitrogens with one attached hydrogen (secondary N) is 1. The van der Waals surface area contributed by atoms with Crippen molar-refractivity contribution in [1.82, 2.24) is 4.90 Å². The van der Waals surface area contributed by atoms with E-state index in [0.717, 1.165) is 19.4 Å². The zero-order valence-electron chi connectivity index (χ0n) is 16.2. The van der Waals surface area contributed by atoms with Gasteiger partial charge in [-0.3, -0.25) is 19.3 Å². The second kappa shape index (κ2) is 10.0. The van der Waals surface area contributed by atoms with E-state index >= 15 is 0 Å². The Hall–Kier alpha value is -2.22. The molecule has 1 aromatic carbocycles. The summed E-state index contributed by atoms with van der Waals surface area (Å²) in [6, 6.07) is 8.36. The Morgan fingerprint density at radius 3 is 2.72 bits per heavy atom. The Kier molecular flexibility index (Phi) is 7.41. The third kappa shape index (κ3) is 5.65. The van der Waals surface area contributed by atoms with Crippen LogP contribution >= 0.6 is 22.9 Å². The maximum Gasteiger partial charge on any atom is 0.310 e. The minimum absolute atomic E-state index is 0.168. The first-order chi connectivity index (χ1) is 14.0. The highest BCUT2D eigenvalue weighted by Crippen LogP contribution is 2.26. The summed E-state index contributed by atoms with van der Waals surface area (Å²) in [4.78, 5) is 39.2. The lowest BCUT2D eigenvalue weighted by atomic mass is 9.98. The Balaban J connectivity index is 1.60. The van der Waals surface area contributed by atoms with E-state index < -0.39 is 0 Å². The second-order valence-corrected chi connectivity index (χ2v) is 8.23. The fourth-order valence-electron chi connectivity index (χ4n) is 3.36. The first-order valence-corrected chi connectivity index (χ1v) is 10.8. The first kappa shape index (κ1) is 21.5. The van der Waals surface area contributed by atoms with E-state index in [1.54, 1.807) is 42.6 Å². The van der Waals surface area contributed by atoms with E-state index in [1.165, 1.54) is 11.3 Å². The number of carbonyl (C=O) groups excluding carboxylic acids is 3. The van der Waals surface area contributed by atoms with Gasteiger partial charge in [0.15, 0.2) is 5.78 Å². The quantitative estimate of drug-likeness (QED) is 0.529. The largest absolute Gasteiger partial charge is 0.466 e. The van der Waals surface area contributed by atoms with Crippen LogP contribution in [0.2, 0.25) is 5.02 Å². The number of anilines is 1. The lowest BCUT2D eigenvalue weighted by molar-refractivity contribution is -0.150. The molecule has 1 aliphatic heterocycles. The zero-order valence-corrected chi connectivity index (χ0v) is 17.7. The monoisotopic (exact) mass is 434 g/mol. The summed E-state index contributed by atoms with van der Waals surface area (Å²) in [5.74, 6) is -0.771. The molecule has 1 N–H and O–H groups in total. The molecular weight excluding hydrogens is 412 g/mol. The predicted molar refractivity (Wildman–Crippen MR) is 114 cm³/mol. The maximum atomic E-state index is 12.7. The number of nitrogens with zero attached hydrogens (tertiary/aromatic N) is 1. The number of carbonyl (C=O) groups is 3. The number of halogens is 1. The highest BCUT2D eigenvalue weighted by Gasteiger charge is 2.28. The van der Waals surface area contributed by atoms with Gasteiger partial charge < -0.3 is 10.1 Å². The van der Waals surface area contributed by atoms with Crippen molar-refractivity contribution in [3.05, 3.63) is 51.9 Å². The molecule has 1 unspecified atom stereocenters. The average molecular weight is 435 g/mol. The highest BCUT2D eigenvalue weighted by molar-refractivity contribution is 7.14. The number of esters is 1. The lowest BCUT2D eigenvalue weighted by Crippen LogP contribution is -2.43. The van der Waals surface area contributed by atoms with E-state index in [2.05, 4.69) is 5.32 Å². The van der Waals surface area contributed by atoms with Gasteiger partial charge in [0.2, 0.25) is 5.91 Å². The summed E-state index contributed by atoms with van der Waals surface area (Å²) in [5.41, 5.74) is 0.963. The summed E-state index contributed by atoms with van der Waals surface area (Å²) in [5, 5.41) is 5.70. The van der Waals surface area contributed by atoms with Gasteiger partial charge in [0.25, 0.3) is 0 Å². The van der Waals surface area contributed by atoms with Crippen LogP contribution in [0, 0.1) is 5.92 Å². The molecule has 0 aliphatic carbocycles. The molecule has 154 valence electrons. The number of piperidine rings is 1. The van der Waals surface area contributed by atoms with Crippen LogP contribution in [0.1, 0.15) is 35.7 Å². The highest BCUT2D eigenvalue weighted by atomic mass is 35.5. The van der Waals surface area contributed by atoms with Crippen LogP contribution in [0.4, 0.5) is 5.00 Å². The van der Waals surface area contributed by atoms with Gasteiger partial charge in [0.1, 0.15) is 5.00 Å². The molecule has 0 radical (unpaired) electrons. The minimum atomic E-state index is -0.206. The number of thiophene rings is 1. The second-order valence-electron chi connectivity index (χ2n) is 6.87. The van der Waals surface area contributed by atoms with Crippen molar-refractivity contribution in [2.45, 2.75) is 19.8 Å². The molecular formula is C21H23ClN2O4S. The summed E-state index contributed by atoms with van der Waals surface area (Å²) >= 11 is 7.19. The van der Waals surface area contributed by atoms with Gasteiger partial charge in [-0.2, -0.15) is 0 Å². The van der Waals surface area contributed by atoms with Gasteiger partial charge >= 0.3 is 5.97 Å². The van der Waals surface area contributed by atoms with E-state index in [1.807, 2.05) is 4.90 Å². The van der Waals surface area contributed by atoms with Gasteiger partial charge in [-0.05, 0) is 62.0 Å². The Morgan fingerprint density at radius 1 is 1.24 bits per heavy atom. The van der Waals surface area contributed by atoms with Crippen molar-refractivity contribution < 1.29 is 19.1 Å². The molecule has 1 fully saturated rings. The predicted octanol–water partition coefficient (Wildman–Crippen LogP) is 3.85. The molecule has 0 saturated carbocycles. The van der Waals surface area contributed by atoms with E-state index in [0.29, 0.717) is 34.3 Å². The normalized spacial score (nSPS) is 17.0. The molecule has 2 aromatic rings. The fourth-order valence-corrected chi connectivity index (χ4v) is 4.29. The molecule has 1 aromatic heterocycles. The number of hydrogen-bond donors (Lipinski definition) is 1. The number of benzene rings is 1. The van der Waals surface area contributed by atoms with Crippen molar-refractivity contribution in [2.75, 3.05) is 31.6 Å². The zero-order chi connectivity index (χ0) is 20.8. The number of likely N-dealkylation sites (tertiary alicyclic amines) is 1. The molecule has 1 amide bonds. The molecule has 3 rings (SSSR count). The molecule has 1 atom stereocenters. The van der Waals surface area contributed by atoms with Crippen molar-refractivity contribution >= 4 is 45.6 Å². The molecule has 0 spiro atoms. The van der Waals surface area contributed by atoms with E-state index in [-0.39, 0.29) is 30.1 Å². The van der Waals surface area contributed by atoms with E-state index in [9.17, 15) is 14.4 Å². The van der Waals surface area contributed by atoms with Crippen molar-refractivity contribution in [1.29, 1.82) is 0 Å². The van der Waals surface area contributed by atoms with E-state index in [4.69, 9.17) is 16.3 Å². The van der Waals surface area contributed by atoms with Crippen molar-refractivity contribution in [3.8, 4) is 0 Å². The van der Waals surface area contributed by atoms with Gasteiger partial charge in [0, 0.05) is 17.1 Å². The Bertz CT molecular complexity index is 881. The van der Waals surface area contributed by atoms with Crippen LogP contribution in [0.15, 0.2) is 35.7 Å². The van der Waals surface area contributed by atoms with Gasteiger partial charge in [-0.15, -0.1) is 11.3 Å². The summed E-state index contributed by atoms with van der Waals surface area (Å²) in [7, 11) is 0. The van der Waals surface area contributed by atoms with Crippen molar-refractivity contribution in [2.24, 2.45) is 5.92 Å². The molecule has 0 bridgehead atoms. The third-order valence-corrected chi connectivity index (χ3v) is 5.84. The average Bonchev–Trinajstić information content (AvgIpc) is 3.16. The van der Waals surface area contributed by atoms with Gasteiger partial charge in [-0.1, -0.05) is 11.6 Å². The Labute approximate surface area is 178 Å². The topological polar surface area (TPSA) is 75.7 Å². The van der Waals surface area contributed by atoms with Gasteiger partial charge in [-0.25, -0.2) is 0 Å². The van der Waals surface area contributed by atoms with Crippen LogP contribution < -0.4 is 5.32 Å². The van der Waals surface area contributed by atoms with Crippen molar-refractivity contribution in [3.63, 3.8) is 0 Å². The summed E-state index contributed by atoms with van der Waals surface area (Å²) in [6.07, 6.45) is 1.62. The number of ether oxygens (including phenoxy) is 1. The van der Waals surface area contributed by atoms with Crippen LogP contribution in [0.5, 0.6) is 0 Å². The van der Waals surface area contributed by atoms with Crippen LogP contribution in [0.3, 0.4) is 0 Å². The minimum Gasteiger partial charge on any atom is -0.466 e. The third-order valence-electron chi connectivity index (χ3n) is 4.76. The molecule has 6 nitrogen and oxygen atoms in total. The number of rotatable bonds is 7.